The summed E-state index contributed by atoms with van der Waals surface area (Å²) in [5, 5.41) is 3.17. The minimum Gasteiger partial charge on any atom is -0.462 e. The Balaban J connectivity index is 1.89. The molecule has 1 heterocycles. The smallest absolute Gasteiger partial charge is 0.350 e. The molecule has 0 spiro atoms. The van der Waals surface area contributed by atoms with Gasteiger partial charge in [0.1, 0.15) is 4.88 Å². The van der Waals surface area contributed by atoms with Crippen molar-refractivity contribution in [2.24, 2.45) is 0 Å². The van der Waals surface area contributed by atoms with E-state index in [9.17, 15) is 9.59 Å². The number of amides is 1. The van der Waals surface area contributed by atoms with Gasteiger partial charge in [0.25, 0.3) is 5.91 Å². The van der Waals surface area contributed by atoms with E-state index in [1.165, 1.54) is 0 Å². The van der Waals surface area contributed by atoms with E-state index in [4.69, 9.17) is 4.74 Å². The molecule has 0 aliphatic carbocycles. The third-order valence-corrected chi connectivity index (χ3v) is 5.59. The van der Waals surface area contributed by atoms with Crippen molar-refractivity contribution in [3.63, 3.8) is 0 Å². The molecule has 0 bridgehead atoms. The van der Waals surface area contributed by atoms with Gasteiger partial charge in [-0.05, 0) is 30.9 Å². The molecule has 0 saturated heterocycles. The molecule has 28 heavy (non-hydrogen) atoms. The van der Waals surface area contributed by atoms with E-state index in [-0.39, 0.29) is 12.5 Å². The Labute approximate surface area is 172 Å². The molecule has 3 aromatic rings. The number of benzene rings is 2. The number of carbonyl (C=O) groups is 2. The first-order valence-electron chi connectivity index (χ1n) is 8.90. The lowest BCUT2D eigenvalue weighted by Crippen LogP contribution is -2.11. The highest BCUT2D eigenvalue weighted by Gasteiger charge is 2.21. The molecular formula is C21H20N2O3S2. The van der Waals surface area contributed by atoms with Crippen LogP contribution in [0, 0.1) is 0 Å². The summed E-state index contributed by atoms with van der Waals surface area (Å²) < 4.78 is 5.15. The lowest BCUT2D eigenvalue weighted by molar-refractivity contribution is 0.0532. The number of thiazole rings is 1. The monoisotopic (exact) mass is 412 g/mol. The first-order valence-corrected chi connectivity index (χ1v) is 10.7. The molecular weight excluding hydrogens is 392 g/mol. The van der Waals surface area contributed by atoms with Crippen molar-refractivity contribution in [1.29, 1.82) is 0 Å². The van der Waals surface area contributed by atoms with Gasteiger partial charge in [-0.1, -0.05) is 54.7 Å². The van der Waals surface area contributed by atoms with Crippen LogP contribution in [-0.4, -0.2) is 29.2 Å². The van der Waals surface area contributed by atoms with Gasteiger partial charge in [-0.25, -0.2) is 9.78 Å². The van der Waals surface area contributed by atoms with Gasteiger partial charge in [0.05, 0.1) is 12.3 Å². The second-order valence-corrected chi connectivity index (χ2v) is 8.03. The number of nitrogens with zero attached hydrogens (tertiary/aromatic N) is 1. The standard InChI is InChI=1S/C21H20N2O3S2/c1-3-26-20(25)18-17(14-9-6-5-7-10-14)22-21(28-18)23-19(24)15-11-8-12-16(13-15)27-4-2/h5-13H,3-4H2,1-2H3,(H,22,23,24). The normalized spacial score (nSPS) is 10.5. The molecule has 1 amide bonds. The van der Waals surface area contributed by atoms with E-state index < -0.39 is 5.97 Å². The Hall–Kier alpha value is -2.64. The third kappa shape index (κ3) is 4.79. The number of hydrogen-bond acceptors (Lipinski definition) is 6. The highest BCUT2D eigenvalue weighted by atomic mass is 32.2. The Morgan fingerprint density at radius 1 is 1.11 bits per heavy atom. The van der Waals surface area contributed by atoms with E-state index in [1.807, 2.05) is 48.5 Å². The fraction of sp³-hybridized carbons (Fsp3) is 0.190. The van der Waals surface area contributed by atoms with Crippen molar-refractivity contribution in [1.82, 2.24) is 4.98 Å². The number of carbonyl (C=O) groups excluding carboxylic acids is 2. The minimum absolute atomic E-state index is 0.262. The number of rotatable bonds is 7. The van der Waals surface area contributed by atoms with Gasteiger partial charge in [-0.15, -0.1) is 11.8 Å². The number of hydrogen-bond donors (Lipinski definition) is 1. The molecule has 1 aromatic heterocycles. The van der Waals surface area contributed by atoms with Crippen LogP contribution >= 0.6 is 23.1 Å². The maximum Gasteiger partial charge on any atom is 0.350 e. The van der Waals surface area contributed by atoms with Crippen LogP contribution in [0.15, 0.2) is 59.5 Å². The zero-order valence-corrected chi connectivity index (χ0v) is 17.2. The molecule has 1 N–H and O–H groups in total. The third-order valence-electron chi connectivity index (χ3n) is 3.76. The summed E-state index contributed by atoms with van der Waals surface area (Å²) >= 11 is 2.79. The van der Waals surface area contributed by atoms with Crippen LogP contribution in [0.5, 0.6) is 0 Å². The predicted octanol–water partition coefficient (Wildman–Crippen LogP) is 5.35. The maximum absolute atomic E-state index is 12.7. The summed E-state index contributed by atoms with van der Waals surface area (Å²) in [6, 6.07) is 16.8. The number of ether oxygens (including phenoxy) is 1. The van der Waals surface area contributed by atoms with Gasteiger partial charge in [-0.3, -0.25) is 10.1 Å². The van der Waals surface area contributed by atoms with Crippen molar-refractivity contribution in [3.05, 3.63) is 65.0 Å². The summed E-state index contributed by atoms with van der Waals surface area (Å²) in [7, 11) is 0. The van der Waals surface area contributed by atoms with Gasteiger partial charge in [0.2, 0.25) is 0 Å². The molecule has 0 radical (unpaired) electrons. The van der Waals surface area contributed by atoms with Crippen molar-refractivity contribution < 1.29 is 14.3 Å². The molecule has 0 atom stereocenters. The van der Waals surface area contributed by atoms with E-state index >= 15 is 0 Å². The average molecular weight is 413 g/mol. The number of esters is 1. The largest absolute Gasteiger partial charge is 0.462 e. The Kier molecular flexibility index (Phi) is 6.84. The van der Waals surface area contributed by atoms with Crippen LogP contribution in [0.1, 0.15) is 33.9 Å². The maximum atomic E-state index is 12.7. The SMILES string of the molecule is CCOC(=O)c1sc(NC(=O)c2cccc(SCC)c2)nc1-c1ccccc1. The van der Waals surface area contributed by atoms with Crippen molar-refractivity contribution in [3.8, 4) is 11.3 Å². The topological polar surface area (TPSA) is 68.3 Å². The summed E-state index contributed by atoms with van der Waals surface area (Å²) in [5.74, 6) is 0.226. The van der Waals surface area contributed by atoms with E-state index in [2.05, 4.69) is 17.2 Å². The summed E-state index contributed by atoms with van der Waals surface area (Å²) in [5.41, 5.74) is 1.85. The molecule has 5 nitrogen and oxygen atoms in total. The van der Waals surface area contributed by atoms with Crippen molar-refractivity contribution >= 4 is 40.1 Å². The number of aromatic nitrogens is 1. The predicted molar refractivity (Wildman–Crippen MR) is 114 cm³/mol. The van der Waals surface area contributed by atoms with E-state index in [0.717, 1.165) is 27.5 Å². The van der Waals surface area contributed by atoms with E-state index in [0.29, 0.717) is 21.3 Å². The zero-order chi connectivity index (χ0) is 19.9. The molecule has 0 aliphatic rings. The lowest BCUT2D eigenvalue weighted by Gasteiger charge is -2.04. The van der Waals surface area contributed by atoms with Gasteiger partial charge < -0.3 is 4.74 Å². The lowest BCUT2D eigenvalue weighted by atomic mass is 10.1. The van der Waals surface area contributed by atoms with Crippen LogP contribution in [0.25, 0.3) is 11.3 Å². The Bertz CT molecular complexity index is 971. The molecule has 144 valence electrons. The molecule has 2 aromatic carbocycles. The average Bonchev–Trinajstić information content (AvgIpc) is 3.13. The molecule has 0 saturated carbocycles. The number of thioether (sulfide) groups is 1. The second kappa shape index (κ2) is 9.52. The molecule has 0 aliphatic heterocycles. The highest BCUT2D eigenvalue weighted by molar-refractivity contribution is 7.99. The zero-order valence-electron chi connectivity index (χ0n) is 15.6. The molecule has 7 heteroatoms. The fourth-order valence-electron chi connectivity index (χ4n) is 2.56. The molecule has 0 unspecified atom stereocenters. The van der Waals surface area contributed by atoms with Crippen LogP contribution in [0.3, 0.4) is 0 Å². The molecule has 3 rings (SSSR count). The Morgan fingerprint density at radius 3 is 2.61 bits per heavy atom. The van der Waals surface area contributed by atoms with Gasteiger partial charge >= 0.3 is 5.97 Å². The quantitative estimate of drug-likeness (QED) is 0.418. The minimum atomic E-state index is -0.444. The first kappa shape index (κ1) is 20.1. The van der Waals surface area contributed by atoms with Crippen molar-refractivity contribution in [2.45, 2.75) is 18.7 Å². The van der Waals surface area contributed by atoms with E-state index in [1.54, 1.807) is 24.8 Å². The summed E-state index contributed by atoms with van der Waals surface area (Å²) in [6.45, 7) is 4.09. The molecule has 0 fully saturated rings. The first-order chi connectivity index (χ1) is 13.6. The Morgan fingerprint density at radius 2 is 1.89 bits per heavy atom. The highest BCUT2D eigenvalue weighted by Crippen LogP contribution is 2.32. The number of anilines is 1. The number of nitrogens with one attached hydrogen (secondary N) is 1. The summed E-state index contributed by atoms with van der Waals surface area (Å²) in [6.07, 6.45) is 0. The fourth-order valence-corrected chi connectivity index (χ4v) is 4.16. The van der Waals surface area contributed by atoms with Crippen LogP contribution in [-0.2, 0) is 4.74 Å². The van der Waals surface area contributed by atoms with Crippen molar-refractivity contribution in [2.75, 3.05) is 17.7 Å². The van der Waals surface area contributed by atoms with Gasteiger partial charge in [-0.2, -0.15) is 0 Å². The van der Waals surface area contributed by atoms with Crippen LogP contribution < -0.4 is 5.32 Å². The van der Waals surface area contributed by atoms with Crippen LogP contribution in [0.2, 0.25) is 0 Å². The van der Waals surface area contributed by atoms with Gasteiger partial charge in [0, 0.05) is 16.0 Å². The summed E-state index contributed by atoms with van der Waals surface area (Å²) in [4.78, 5) is 30.9. The van der Waals surface area contributed by atoms with Crippen LogP contribution in [0.4, 0.5) is 5.13 Å². The van der Waals surface area contributed by atoms with Gasteiger partial charge in [0.15, 0.2) is 5.13 Å². The second-order valence-electron chi connectivity index (χ2n) is 5.70.